The van der Waals surface area contributed by atoms with Gasteiger partial charge in [-0.3, -0.25) is 20.1 Å². The molecule has 2 N–H and O–H groups in total. The van der Waals surface area contributed by atoms with Gasteiger partial charge in [0, 0.05) is 24.0 Å². The van der Waals surface area contributed by atoms with E-state index in [9.17, 15) is 4.79 Å². The Hall–Kier alpha value is -1.49. The summed E-state index contributed by atoms with van der Waals surface area (Å²) in [6.07, 6.45) is 3.34. The number of aromatic nitrogens is 2. The average molecular weight is 264 g/mol. The van der Waals surface area contributed by atoms with Gasteiger partial charge in [0.2, 0.25) is 5.91 Å². The summed E-state index contributed by atoms with van der Waals surface area (Å²) < 4.78 is 0. The molecule has 1 aromatic heterocycles. The van der Waals surface area contributed by atoms with Crippen LogP contribution >= 0.6 is 0 Å². The summed E-state index contributed by atoms with van der Waals surface area (Å²) in [4.78, 5) is 20.5. The molecule has 0 aromatic carbocycles. The van der Waals surface area contributed by atoms with Crippen molar-refractivity contribution in [2.24, 2.45) is 0 Å². The Bertz CT molecular complexity index is 439. The summed E-state index contributed by atoms with van der Waals surface area (Å²) in [6, 6.07) is -0.301. The van der Waals surface area contributed by atoms with Gasteiger partial charge >= 0.3 is 0 Å². The average Bonchev–Trinajstić information content (AvgIpc) is 2.27. The van der Waals surface area contributed by atoms with E-state index in [0.717, 1.165) is 11.4 Å². The second-order valence-electron chi connectivity index (χ2n) is 5.88. The van der Waals surface area contributed by atoms with E-state index in [2.05, 4.69) is 20.6 Å². The highest BCUT2D eigenvalue weighted by molar-refractivity contribution is 5.81. The molecule has 2 unspecified atom stereocenters. The van der Waals surface area contributed by atoms with Gasteiger partial charge in [0.05, 0.1) is 17.4 Å². The van der Waals surface area contributed by atoms with E-state index in [4.69, 9.17) is 0 Å². The molecule has 0 saturated heterocycles. The van der Waals surface area contributed by atoms with Crippen LogP contribution in [0.15, 0.2) is 12.4 Å². The highest BCUT2D eigenvalue weighted by Gasteiger charge is 2.21. The molecule has 1 heterocycles. The van der Waals surface area contributed by atoms with Gasteiger partial charge < -0.3 is 5.32 Å². The lowest BCUT2D eigenvalue weighted by molar-refractivity contribution is -0.124. The molecule has 5 nitrogen and oxygen atoms in total. The lowest BCUT2D eigenvalue weighted by Gasteiger charge is -2.25. The molecule has 0 bridgehead atoms. The van der Waals surface area contributed by atoms with E-state index in [1.165, 1.54) is 0 Å². The molecule has 1 amide bonds. The van der Waals surface area contributed by atoms with E-state index in [0.29, 0.717) is 0 Å². The van der Waals surface area contributed by atoms with Crippen molar-refractivity contribution in [3.8, 4) is 0 Å². The topological polar surface area (TPSA) is 66.9 Å². The molecular weight excluding hydrogens is 240 g/mol. The summed E-state index contributed by atoms with van der Waals surface area (Å²) in [6.45, 7) is 11.6. The highest BCUT2D eigenvalue weighted by Crippen LogP contribution is 2.12. The van der Waals surface area contributed by atoms with Crippen molar-refractivity contribution in [2.45, 2.75) is 59.2 Å². The summed E-state index contributed by atoms with van der Waals surface area (Å²) in [5, 5.41) is 6.20. The quantitative estimate of drug-likeness (QED) is 0.869. The minimum Gasteiger partial charge on any atom is -0.350 e. The molecule has 5 heteroatoms. The van der Waals surface area contributed by atoms with Crippen LogP contribution in [0, 0.1) is 6.92 Å². The van der Waals surface area contributed by atoms with Crippen molar-refractivity contribution >= 4 is 5.91 Å². The van der Waals surface area contributed by atoms with Crippen LogP contribution in [0.1, 0.15) is 52.0 Å². The number of aryl methyl sites for hydroxylation is 1. The molecule has 1 aromatic rings. The predicted octanol–water partition coefficient (Wildman–Crippen LogP) is 1.74. The summed E-state index contributed by atoms with van der Waals surface area (Å²) >= 11 is 0. The SMILES string of the molecule is Cc1nccnc1C(C)NC(C)C(=O)NC(C)(C)C. The van der Waals surface area contributed by atoms with Crippen LogP contribution in [0.4, 0.5) is 0 Å². The van der Waals surface area contributed by atoms with E-state index in [-0.39, 0.29) is 23.5 Å². The minimum atomic E-state index is -0.282. The fraction of sp³-hybridized carbons (Fsp3) is 0.643. The van der Waals surface area contributed by atoms with Crippen molar-refractivity contribution < 1.29 is 4.79 Å². The number of nitrogens with zero attached hydrogens (tertiary/aromatic N) is 2. The largest absolute Gasteiger partial charge is 0.350 e. The maximum Gasteiger partial charge on any atom is 0.237 e. The summed E-state index contributed by atoms with van der Waals surface area (Å²) in [5.74, 6) is -0.0131. The fourth-order valence-corrected chi connectivity index (χ4v) is 1.85. The van der Waals surface area contributed by atoms with E-state index in [1.807, 2.05) is 41.5 Å². The van der Waals surface area contributed by atoms with Crippen LogP contribution in [-0.4, -0.2) is 27.5 Å². The molecule has 0 aliphatic heterocycles. The molecule has 19 heavy (non-hydrogen) atoms. The maximum absolute atomic E-state index is 12.0. The Morgan fingerprint density at radius 1 is 1.21 bits per heavy atom. The third-order valence-corrected chi connectivity index (χ3v) is 2.72. The minimum absolute atomic E-state index is 0.0131. The van der Waals surface area contributed by atoms with Crippen molar-refractivity contribution in [2.75, 3.05) is 0 Å². The number of nitrogens with one attached hydrogen (secondary N) is 2. The second kappa shape index (κ2) is 6.10. The second-order valence-corrected chi connectivity index (χ2v) is 5.88. The standard InChI is InChI=1S/C14H24N4O/c1-9-12(16-8-7-15-9)10(2)17-11(3)13(19)18-14(4,5)6/h7-8,10-11,17H,1-6H3,(H,18,19). The van der Waals surface area contributed by atoms with Gasteiger partial charge in [-0.25, -0.2) is 0 Å². The molecule has 2 atom stereocenters. The zero-order valence-corrected chi connectivity index (χ0v) is 12.6. The Balaban J connectivity index is 2.64. The zero-order valence-electron chi connectivity index (χ0n) is 12.6. The van der Waals surface area contributed by atoms with Gasteiger partial charge in [-0.15, -0.1) is 0 Å². The first-order valence-electron chi connectivity index (χ1n) is 6.56. The van der Waals surface area contributed by atoms with Gasteiger partial charge in [-0.2, -0.15) is 0 Å². The van der Waals surface area contributed by atoms with Crippen LogP contribution in [0.2, 0.25) is 0 Å². The lowest BCUT2D eigenvalue weighted by Crippen LogP contribution is -2.50. The molecule has 106 valence electrons. The van der Waals surface area contributed by atoms with Crippen LogP contribution < -0.4 is 10.6 Å². The molecular formula is C14H24N4O. The van der Waals surface area contributed by atoms with Gasteiger partial charge in [0.15, 0.2) is 0 Å². The number of amides is 1. The Morgan fingerprint density at radius 2 is 1.79 bits per heavy atom. The highest BCUT2D eigenvalue weighted by atomic mass is 16.2. The van der Waals surface area contributed by atoms with Crippen molar-refractivity contribution in [3.63, 3.8) is 0 Å². The Labute approximate surface area is 115 Å². The van der Waals surface area contributed by atoms with Crippen molar-refractivity contribution in [1.82, 2.24) is 20.6 Å². The molecule has 0 aliphatic carbocycles. The van der Waals surface area contributed by atoms with Gasteiger partial charge in [0.25, 0.3) is 0 Å². The number of hydrogen-bond donors (Lipinski definition) is 2. The van der Waals surface area contributed by atoms with Gasteiger partial charge in [-0.1, -0.05) is 0 Å². The monoisotopic (exact) mass is 264 g/mol. The fourth-order valence-electron chi connectivity index (χ4n) is 1.85. The van der Waals surface area contributed by atoms with Crippen LogP contribution in [0.3, 0.4) is 0 Å². The molecule has 0 aliphatic rings. The van der Waals surface area contributed by atoms with Crippen LogP contribution in [0.25, 0.3) is 0 Å². The van der Waals surface area contributed by atoms with Gasteiger partial charge in [0.1, 0.15) is 0 Å². The zero-order chi connectivity index (χ0) is 14.6. The number of rotatable bonds is 4. The maximum atomic E-state index is 12.0. The van der Waals surface area contributed by atoms with E-state index in [1.54, 1.807) is 12.4 Å². The van der Waals surface area contributed by atoms with Crippen molar-refractivity contribution in [3.05, 3.63) is 23.8 Å². The first-order valence-corrected chi connectivity index (χ1v) is 6.56. The van der Waals surface area contributed by atoms with Crippen molar-refractivity contribution in [1.29, 1.82) is 0 Å². The van der Waals surface area contributed by atoms with E-state index >= 15 is 0 Å². The molecule has 0 radical (unpaired) electrons. The number of hydrogen-bond acceptors (Lipinski definition) is 4. The summed E-state index contributed by atoms with van der Waals surface area (Å²) in [5.41, 5.74) is 1.53. The Kier molecular flexibility index (Phi) is 5.00. The van der Waals surface area contributed by atoms with Gasteiger partial charge in [-0.05, 0) is 41.5 Å². The third-order valence-electron chi connectivity index (χ3n) is 2.72. The first kappa shape index (κ1) is 15.6. The molecule has 0 fully saturated rings. The molecule has 0 saturated carbocycles. The van der Waals surface area contributed by atoms with E-state index < -0.39 is 0 Å². The lowest BCUT2D eigenvalue weighted by atomic mass is 10.1. The Morgan fingerprint density at radius 3 is 2.32 bits per heavy atom. The third kappa shape index (κ3) is 4.95. The molecule has 1 rings (SSSR count). The first-order chi connectivity index (χ1) is 8.70. The normalized spacial score (nSPS) is 14.8. The number of carbonyl (C=O) groups excluding carboxylic acids is 1. The summed E-state index contributed by atoms with van der Waals surface area (Å²) in [7, 11) is 0. The number of carbonyl (C=O) groups is 1. The van der Waals surface area contributed by atoms with Crippen LogP contribution in [-0.2, 0) is 4.79 Å². The van der Waals surface area contributed by atoms with Crippen LogP contribution in [0.5, 0.6) is 0 Å². The predicted molar refractivity (Wildman–Crippen MR) is 75.7 cm³/mol. The molecule has 0 spiro atoms. The smallest absolute Gasteiger partial charge is 0.237 e.